The molecule has 1 aliphatic heterocycles. The van der Waals surface area contributed by atoms with Crippen LogP contribution in [-0.2, 0) is 11.3 Å². The summed E-state index contributed by atoms with van der Waals surface area (Å²) in [7, 11) is 1.29. The summed E-state index contributed by atoms with van der Waals surface area (Å²) in [6.45, 7) is 0.401. The maximum Gasteiger partial charge on any atom is 0.356 e. The van der Waals surface area contributed by atoms with E-state index >= 15 is 0 Å². The van der Waals surface area contributed by atoms with Gasteiger partial charge in [0.15, 0.2) is 0 Å². The lowest BCUT2D eigenvalue weighted by atomic mass is 10.1. The van der Waals surface area contributed by atoms with Crippen LogP contribution >= 0.6 is 0 Å². The summed E-state index contributed by atoms with van der Waals surface area (Å²) >= 11 is 0. The summed E-state index contributed by atoms with van der Waals surface area (Å²) in [6, 6.07) is 1.54. The number of halogens is 2. The predicted molar refractivity (Wildman–Crippen MR) is 55.0 cm³/mol. The summed E-state index contributed by atoms with van der Waals surface area (Å²) in [6.07, 6.45) is 1.48. The molecule has 0 saturated carbocycles. The Morgan fingerprint density at radius 1 is 1.53 bits per heavy atom. The Morgan fingerprint density at radius 3 is 2.82 bits per heavy atom. The van der Waals surface area contributed by atoms with E-state index in [1.807, 2.05) is 0 Å². The predicted octanol–water partition coefficient (Wildman–Crippen LogP) is 0.621. The fraction of sp³-hybridized carbons (Fsp3) is 0.600. The zero-order valence-corrected chi connectivity index (χ0v) is 9.40. The number of carbonyl (C=O) groups excluding carboxylic acids is 1. The SMILES string of the molecule is COC(=O)c1ccnn1CCN1CC(F)(F)C1. The van der Waals surface area contributed by atoms with Crippen LogP contribution in [0.3, 0.4) is 0 Å². The van der Waals surface area contributed by atoms with E-state index in [0.29, 0.717) is 18.8 Å². The quantitative estimate of drug-likeness (QED) is 0.730. The number of rotatable bonds is 4. The Bertz CT molecular complexity index is 411. The number of esters is 1. The molecule has 1 aromatic rings. The molecule has 94 valence electrons. The van der Waals surface area contributed by atoms with Crippen molar-refractivity contribution in [2.45, 2.75) is 12.5 Å². The van der Waals surface area contributed by atoms with Gasteiger partial charge in [0.25, 0.3) is 5.92 Å². The third-order valence-corrected chi connectivity index (χ3v) is 2.65. The standard InChI is InChI=1S/C10H13F2N3O2/c1-17-9(16)8-2-3-13-15(8)5-4-14-6-10(11,12)7-14/h2-3H,4-7H2,1H3. The average molecular weight is 245 g/mol. The molecule has 2 heterocycles. The normalized spacial score (nSPS) is 18.8. The van der Waals surface area contributed by atoms with Gasteiger partial charge in [-0.15, -0.1) is 0 Å². The van der Waals surface area contributed by atoms with Gasteiger partial charge < -0.3 is 4.74 Å². The van der Waals surface area contributed by atoms with Crippen molar-refractivity contribution in [1.82, 2.24) is 14.7 Å². The molecule has 2 rings (SSSR count). The van der Waals surface area contributed by atoms with E-state index in [1.54, 1.807) is 4.90 Å². The van der Waals surface area contributed by atoms with Crippen LogP contribution in [0.15, 0.2) is 12.3 Å². The average Bonchev–Trinajstić information content (AvgIpc) is 2.70. The molecule has 1 saturated heterocycles. The zero-order valence-electron chi connectivity index (χ0n) is 9.40. The molecule has 5 nitrogen and oxygen atoms in total. The minimum atomic E-state index is -2.56. The number of carbonyl (C=O) groups is 1. The third-order valence-electron chi connectivity index (χ3n) is 2.65. The van der Waals surface area contributed by atoms with Gasteiger partial charge in [-0.2, -0.15) is 5.10 Å². The minimum Gasteiger partial charge on any atom is -0.464 e. The molecule has 7 heteroatoms. The van der Waals surface area contributed by atoms with Crippen LogP contribution in [0.1, 0.15) is 10.5 Å². The highest BCUT2D eigenvalue weighted by Crippen LogP contribution is 2.26. The van der Waals surface area contributed by atoms with Crippen LogP contribution in [0, 0.1) is 0 Å². The first-order valence-corrected chi connectivity index (χ1v) is 5.22. The van der Waals surface area contributed by atoms with Gasteiger partial charge >= 0.3 is 5.97 Å². The van der Waals surface area contributed by atoms with Gasteiger partial charge in [-0.25, -0.2) is 13.6 Å². The van der Waals surface area contributed by atoms with Crippen LogP contribution in [-0.4, -0.2) is 53.3 Å². The minimum absolute atomic E-state index is 0.220. The number of nitrogens with zero attached hydrogens (tertiary/aromatic N) is 3. The molecular weight excluding hydrogens is 232 g/mol. The molecule has 0 bridgehead atoms. The van der Waals surface area contributed by atoms with E-state index in [1.165, 1.54) is 24.1 Å². The lowest BCUT2D eigenvalue weighted by Gasteiger charge is -2.38. The Kier molecular flexibility index (Phi) is 3.10. The van der Waals surface area contributed by atoms with Gasteiger partial charge in [-0.3, -0.25) is 9.58 Å². The van der Waals surface area contributed by atoms with Crippen LogP contribution in [0.25, 0.3) is 0 Å². The van der Waals surface area contributed by atoms with Crippen LogP contribution in [0.4, 0.5) is 8.78 Å². The molecule has 0 atom stereocenters. The Hall–Kier alpha value is -1.50. The van der Waals surface area contributed by atoms with Crippen molar-refractivity contribution in [3.8, 4) is 0 Å². The van der Waals surface area contributed by atoms with Crippen molar-refractivity contribution in [1.29, 1.82) is 0 Å². The van der Waals surface area contributed by atoms with E-state index in [4.69, 9.17) is 0 Å². The third kappa shape index (κ3) is 2.60. The number of hydrogen-bond donors (Lipinski definition) is 0. The van der Waals surface area contributed by atoms with E-state index in [0.717, 1.165) is 0 Å². The molecule has 0 aliphatic carbocycles. The highest BCUT2D eigenvalue weighted by Gasteiger charge is 2.43. The highest BCUT2D eigenvalue weighted by atomic mass is 19.3. The van der Waals surface area contributed by atoms with E-state index in [-0.39, 0.29) is 13.1 Å². The molecule has 17 heavy (non-hydrogen) atoms. The second-order valence-electron chi connectivity index (χ2n) is 4.00. The van der Waals surface area contributed by atoms with Crippen molar-refractivity contribution in [3.63, 3.8) is 0 Å². The highest BCUT2D eigenvalue weighted by molar-refractivity contribution is 5.87. The van der Waals surface area contributed by atoms with Gasteiger partial charge in [0, 0.05) is 12.7 Å². The molecule has 0 amide bonds. The fourth-order valence-electron chi connectivity index (χ4n) is 1.79. The van der Waals surface area contributed by atoms with Gasteiger partial charge in [-0.05, 0) is 6.07 Å². The van der Waals surface area contributed by atoms with Crippen LogP contribution in [0.5, 0.6) is 0 Å². The lowest BCUT2D eigenvalue weighted by molar-refractivity contribution is -0.131. The molecule has 0 unspecified atom stereocenters. The van der Waals surface area contributed by atoms with Crippen molar-refractivity contribution in [2.75, 3.05) is 26.7 Å². The monoisotopic (exact) mass is 245 g/mol. The van der Waals surface area contributed by atoms with Crippen molar-refractivity contribution < 1.29 is 18.3 Å². The van der Waals surface area contributed by atoms with Gasteiger partial charge in [0.1, 0.15) is 5.69 Å². The maximum absolute atomic E-state index is 12.6. The summed E-state index contributed by atoms with van der Waals surface area (Å²) in [5.74, 6) is -3.04. The molecule has 1 fully saturated rings. The van der Waals surface area contributed by atoms with Crippen molar-refractivity contribution >= 4 is 5.97 Å². The number of ether oxygens (including phenoxy) is 1. The first-order valence-electron chi connectivity index (χ1n) is 5.22. The number of hydrogen-bond acceptors (Lipinski definition) is 4. The zero-order chi connectivity index (χ0) is 12.5. The second kappa shape index (κ2) is 4.40. The maximum atomic E-state index is 12.6. The Morgan fingerprint density at radius 2 is 2.24 bits per heavy atom. The largest absolute Gasteiger partial charge is 0.464 e. The lowest BCUT2D eigenvalue weighted by Crippen LogP contribution is -2.56. The molecule has 0 radical (unpaired) electrons. The first kappa shape index (κ1) is 12.0. The van der Waals surface area contributed by atoms with E-state index in [9.17, 15) is 13.6 Å². The van der Waals surface area contributed by atoms with E-state index < -0.39 is 11.9 Å². The number of aromatic nitrogens is 2. The van der Waals surface area contributed by atoms with Crippen LogP contribution in [0.2, 0.25) is 0 Å². The first-order chi connectivity index (χ1) is 8.02. The molecule has 1 aromatic heterocycles. The number of likely N-dealkylation sites (tertiary alicyclic amines) is 1. The topological polar surface area (TPSA) is 47.4 Å². The molecule has 0 N–H and O–H groups in total. The summed E-state index contributed by atoms with van der Waals surface area (Å²) in [5.41, 5.74) is 0.333. The fourth-order valence-corrected chi connectivity index (χ4v) is 1.79. The molecule has 0 aromatic carbocycles. The van der Waals surface area contributed by atoms with Gasteiger partial charge in [-0.1, -0.05) is 0 Å². The Labute approximate surface area is 97.0 Å². The smallest absolute Gasteiger partial charge is 0.356 e. The van der Waals surface area contributed by atoms with E-state index in [2.05, 4.69) is 9.84 Å². The summed E-state index contributed by atoms with van der Waals surface area (Å²) < 4.78 is 31.2. The van der Waals surface area contributed by atoms with Gasteiger partial charge in [0.2, 0.25) is 0 Å². The Balaban J connectivity index is 1.88. The van der Waals surface area contributed by atoms with Crippen LogP contribution < -0.4 is 0 Å². The summed E-state index contributed by atoms with van der Waals surface area (Å²) in [4.78, 5) is 12.9. The van der Waals surface area contributed by atoms with Gasteiger partial charge in [0.05, 0.1) is 26.7 Å². The molecular formula is C10H13F2N3O2. The summed E-state index contributed by atoms with van der Waals surface area (Å²) in [5, 5.41) is 3.95. The van der Waals surface area contributed by atoms with Crippen molar-refractivity contribution in [2.24, 2.45) is 0 Å². The second-order valence-corrected chi connectivity index (χ2v) is 4.00. The number of alkyl halides is 2. The molecule has 1 aliphatic rings. The number of methoxy groups -OCH3 is 1. The van der Waals surface area contributed by atoms with Crippen molar-refractivity contribution in [3.05, 3.63) is 18.0 Å². The molecule has 0 spiro atoms.